The molecule has 3 N–H and O–H groups in total. The second kappa shape index (κ2) is 9.43. The first-order valence-corrected chi connectivity index (χ1v) is 11.7. The highest BCUT2D eigenvalue weighted by atomic mass is 35.5. The van der Waals surface area contributed by atoms with E-state index in [0.29, 0.717) is 17.1 Å². The van der Waals surface area contributed by atoms with Crippen LogP contribution in [0.4, 0.5) is 16.2 Å². The average molecular weight is 469 g/mol. The molecule has 2 aromatic carbocycles. The maximum absolute atomic E-state index is 13.0. The number of amides is 4. The molecule has 2 aliphatic rings. The minimum absolute atomic E-state index is 0.0490. The van der Waals surface area contributed by atoms with Crippen molar-refractivity contribution in [2.45, 2.75) is 51.1 Å². The number of benzene rings is 2. The van der Waals surface area contributed by atoms with Crippen LogP contribution in [0.1, 0.15) is 51.1 Å². The monoisotopic (exact) mass is 468 g/mol. The Morgan fingerprint density at radius 3 is 2.67 bits per heavy atom. The summed E-state index contributed by atoms with van der Waals surface area (Å²) in [6, 6.07) is 14.7. The molecule has 4 amide bonds. The first-order valence-electron chi connectivity index (χ1n) is 11.3. The summed E-state index contributed by atoms with van der Waals surface area (Å²) in [5, 5.41) is 9.43. The molecule has 0 aromatic heterocycles. The van der Waals surface area contributed by atoms with Gasteiger partial charge in [-0.25, -0.2) is 4.79 Å². The summed E-state index contributed by atoms with van der Waals surface area (Å²) in [5.74, 6) is -0.705. The lowest BCUT2D eigenvalue weighted by atomic mass is 9.73. The van der Waals surface area contributed by atoms with Crippen molar-refractivity contribution in [1.29, 1.82) is 0 Å². The maximum Gasteiger partial charge on any atom is 0.325 e. The number of nitrogens with zero attached hydrogens (tertiary/aromatic N) is 1. The van der Waals surface area contributed by atoms with Gasteiger partial charge in [-0.1, -0.05) is 61.7 Å². The van der Waals surface area contributed by atoms with Gasteiger partial charge in [0.1, 0.15) is 12.1 Å². The fraction of sp³-hybridized carbons (Fsp3) is 0.400. The Kier molecular flexibility index (Phi) is 6.61. The molecule has 1 aliphatic carbocycles. The Morgan fingerprint density at radius 2 is 1.97 bits per heavy atom. The highest BCUT2D eigenvalue weighted by Gasteiger charge is 2.55. The summed E-state index contributed by atoms with van der Waals surface area (Å²) in [7, 11) is 0. The van der Waals surface area contributed by atoms with Crippen LogP contribution in [0.3, 0.4) is 0 Å². The molecule has 1 spiro atoms. The van der Waals surface area contributed by atoms with Gasteiger partial charge in [0, 0.05) is 11.7 Å². The van der Waals surface area contributed by atoms with Gasteiger partial charge in [-0.05, 0) is 49.4 Å². The van der Waals surface area contributed by atoms with E-state index in [9.17, 15) is 14.4 Å². The van der Waals surface area contributed by atoms with Gasteiger partial charge in [0.2, 0.25) is 5.91 Å². The summed E-state index contributed by atoms with van der Waals surface area (Å²) in [4.78, 5) is 39.2. The number of nitrogens with one attached hydrogen (secondary N) is 3. The predicted molar refractivity (Wildman–Crippen MR) is 129 cm³/mol. The Morgan fingerprint density at radius 1 is 1.21 bits per heavy atom. The van der Waals surface area contributed by atoms with Crippen LogP contribution < -0.4 is 16.0 Å². The van der Waals surface area contributed by atoms with Gasteiger partial charge in [0.25, 0.3) is 5.91 Å². The van der Waals surface area contributed by atoms with Crippen molar-refractivity contribution in [2.75, 3.05) is 17.2 Å². The molecule has 2 fully saturated rings. The molecular weight excluding hydrogens is 440 g/mol. The third-order valence-electron chi connectivity index (χ3n) is 6.73. The minimum Gasteiger partial charge on any atom is -0.377 e. The van der Waals surface area contributed by atoms with Crippen molar-refractivity contribution in [2.24, 2.45) is 5.92 Å². The number of rotatable bonds is 6. The fourth-order valence-electron chi connectivity index (χ4n) is 4.75. The van der Waals surface area contributed by atoms with E-state index in [0.717, 1.165) is 35.4 Å². The van der Waals surface area contributed by atoms with Gasteiger partial charge in [0.05, 0.1) is 10.7 Å². The van der Waals surface area contributed by atoms with E-state index in [1.54, 1.807) is 18.2 Å². The number of halogens is 1. The van der Waals surface area contributed by atoms with E-state index < -0.39 is 17.5 Å². The molecule has 0 radical (unpaired) electrons. The van der Waals surface area contributed by atoms with Crippen LogP contribution in [0.15, 0.2) is 48.5 Å². The Labute approximate surface area is 198 Å². The molecule has 7 nitrogen and oxygen atoms in total. The summed E-state index contributed by atoms with van der Waals surface area (Å²) in [6.45, 7) is 3.69. The molecule has 0 unspecified atom stereocenters. The Bertz CT molecular complexity index is 1060. The minimum atomic E-state index is -0.873. The van der Waals surface area contributed by atoms with E-state index in [-0.39, 0.29) is 24.4 Å². The van der Waals surface area contributed by atoms with Gasteiger partial charge >= 0.3 is 6.03 Å². The van der Waals surface area contributed by atoms with Crippen molar-refractivity contribution < 1.29 is 14.4 Å². The van der Waals surface area contributed by atoms with E-state index in [4.69, 9.17) is 11.6 Å². The molecule has 4 rings (SSSR count). The summed E-state index contributed by atoms with van der Waals surface area (Å²) >= 11 is 6.43. The highest BCUT2D eigenvalue weighted by molar-refractivity contribution is 6.33. The average Bonchev–Trinajstić information content (AvgIpc) is 3.03. The lowest BCUT2D eigenvalue weighted by molar-refractivity contribution is -0.136. The number of carbonyl (C=O) groups is 3. The number of anilines is 2. The topological polar surface area (TPSA) is 90.5 Å². The lowest BCUT2D eigenvalue weighted by Gasteiger charge is -2.36. The molecule has 1 saturated carbocycles. The number of urea groups is 1. The van der Waals surface area contributed by atoms with E-state index in [1.807, 2.05) is 44.2 Å². The largest absolute Gasteiger partial charge is 0.377 e. The van der Waals surface area contributed by atoms with Crippen molar-refractivity contribution in [3.8, 4) is 0 Å². The summed E-state index contributed by atoms with van der Waals surface area (Å²) in [5.41, 5.74) is 1.50. The first-order chi connectivity index (χ1) is 15.8. The van der Waals surface area contributed by atoms with Crippen LogP contribution in [0.25, 0.3) is 0 Å². The van der Waals surface area contributed by atoms with Crippen LogP contribution in [-0.2, 0) is 9.59 Å². The smallest absolute Gasteiger partial charge is 0.325 e. The third kappa shape index (κ3) is 4.69. The van der Waals surface area contributed by atoms with Gasteiger partial charge in [-0.15, -0.1) is 0 Å². The van der Waals surface area contributed by atoms with E-state index in [2.05, 4.69) is 16.0 Å². The van der Waals surface area contributed by atoms with Crippen LogP contribution in [-0.4, -0.2) is 34.8 Å². The van der Waals surface area contributed by atoms with Crippen LogP contribution in [0, 0.1) is 5.92 Å². The van der Waals surface area contributed by atoms with E-state index in [1.165, 1.54) is 0 Å². The Hall–Kier alpha value is -3.06. The molecule has 3 atom stereocenters. The zero-order valence-electron chi connectivity index (χ0n) is 18.9. The van der Waals surface area contributed by atoms with Gasteiger partial charge in [-0.3, -0.25) is 14.5 Å². The SMILES string of the molecule is C[C@H](Nc1ccc(NC(=O)CN2C(=O)N[C@]3(CCCC[C@H]3C)C2=O)cc1Cl)c1ccccc1. The second-order valence-electron chi connectivity index (χ2n) is 8.96. The van der Waals surface area contributed by atoms with Crippen LogP contribution >= 0.6 is 11.6 Å². The molecule has 0 bridgehead atoms. The normalized spacial score (nSPS) is 23.4. The molecule has 1 heterocycles. The van der Waals surface area contributed by atoms with Crippen LogP contribution in [0.5, 0.6) is 0 Å². The quantitative estimate of drug-likeness (QED) is 0.523. The zero-order valence-corrected chi connectivity index (χ0v) is 19.6. The number of carbonyl (C=O) groups excluding carboxylic acids is 3. The molecule has 8 heteroatoms. The second-order valence-corrected chi connectivity index (χ2v) is 9.37. The molecule has 1 aliphatic heterocycles. The molecule has 33 heavy (non-hydrogen) atoms. The standard InChI is InChI=1S/C25H29ClN4O3/c1-16-8-6-7-13-25(16)23(32)30(24(33)29-25)15-22(31)28-19-11-12-21(20(26)14-19)27-17(2)18-9-4-3-5-10-18/h3-5,9-12,14,16-17,27H,6-8,13,15H2,1-2H3,(H,28,31)(H,29,33)/t16-,17+,25+/m1/s1. The highest BCUT2D eigenvalue weighted by Crippen LogP contribution is 2.38. The zero-order chi connectivity index (χ0) is 23.6. The van der Waals surface area contributed by atoms with Crippen molar-refractivity contribution in [1.82, 2.24) is 10.2 Å². The van der Waals surface area contributed by atoms with Crippen LogP contribution in [0.2, 0.25) is 5.02 Å². The maximum atomic E-state index is 13.0. The van der Waals surface area contributed by atoms with Gasteiger partial charge < -0.3 is 16.0 Å². The number of hydrogen-bond acceptors (Lipinski definition) is 4. The fourth-order valence-corrected chi connectivity index (χ4v) is 4.99. The van der Waals surface area contributed by atoms with E-state index >= 15 is 0 Å². The van der Waals surface area contributed by atoms with Crippen molar-refractivity contribution in [3.05, 3.63) is 59.1 Å². The number of imide groups is 1. The predicted octanol–water partition coefficient (Wildman–Crippen LogP) is 4.95. The summed E-state index contributed by atoms with van der Waals surface area (Å²) in [6.07, 6.45) is 3.43. The molecular formula is C25H29ClN4O3. The molecule has 174 valence electrons. The molecule has 2 aromatic rings. The third-order valence-corrected chi connectivity index (χ3v) is 7.04. The number of hydrogen-bond donors (Lipinski definition) is 3. The Balaban J connectivity index is 1.38. The molecule has 1 saturated heterocycles. The van der Waals surface area contributed by atoms with Gasteiger partial charge in [0.15, 0.2) is 0 Å². The first kappa shape index (κ1) is 23.1. The summed E-state index contributed by atoms with van der Waals surface area (Å²) < 4.78 is 0. The lowest BCUT2D eigenvalue weighted by Crippen LogP contribution is -2.54. The van der Waals surface area contributed by atoms with Crippen molar-refractivity contribution in [3.63, 3.8) is 0 Å². The van der Waals surface area contributed by atoms with Crippen molar-refractivity contribution >= 4 is 40.8 Å². The van der Waals surface area contributed by atoms with Gasteiger partial charge in [-0.2, -0.15) is 0 Å².